The van der Waals surface area contributed by atoms with Crippen molar-refractivity contribution in [3.63, 3.8) is 0 Å². The number of nitrogens with one attached hydrogen (secondary N) is 1. The lowest BCUT2D eigenvalue weighted by molar-refractivity contribution is 0.192. The van der Waals surface area contributed by atoms with Crippen molar-refractivity contribution in [1.29, 1.82) is 0 Å². The molecule has 18 heavy (non-hydrogen) atoms. The van der Waals surface area contributed by atoms with Gasteiger partial charge in [0.15, 0.2) is 0 Å². The van der Waals surface area contributed by atoms with Crippen LogP contribution in [0.1, 0.15) is 18.4 Å². The number of fused-ring (bicyclic) bond motifs is 1. The number of aromatic amines is 1. The minimum absolute atomic E-state index is 0.0963. The van der Waals surface area contributed by atoms with Gasteiger partial charge in [0, 0.05) is 29.9 Å². The number of hydrogen-bond acceptors (Lipinski definition) is 3. The molecule has 1 fully saturated rings. The summed E-state index contributed by atoms with van der Waals surface area (Å²) in [5, 5.41) is 0. The van der Waals surface area contributed by atoms with E-state index in [0.29, 0.717) is 6.54 Å². The molecule has 0 saturated carbocycles. The Morgan fingerprint density at radius 3 is 2.94 bits per heavy atom. The number of hydrogen-bond donors (Lipinski definition) is 2. The van der Waals surface area contributed by atoms with E-state index in [-0.39, 0.29) is 5.41 Å². The molecule has 0 aliphatic carbocycles. The first-order chi connectivity index (χ1) is 8.75. The van der Waals surface area contributed by atoms with E-state index in [0.717, 1.165) is 37.0 Å². The van der Waals surface area contributed by atoms with Crippen LogP contribution in [0.4, 0.5) is 0 Å². The van der Waals surface area contributed by atoms with Crippen molar-refractivity contribution in [1.82, 2.24) is 14.9 Å². The van der Waals surface area contributed by atoms with Crippen LogP contribution in [0.3, 0.4) is 0 Å². The molecule has 3 heterocycles. The summed E-state index contributed by atoms with van der Waals surface area (Å²) >= 11 is 0. The first-order valence-corrected chi connectivity index (χ1v) is 6.56. The molecule has 4 nitrogen and oxygen atoms in total. The molecule has 1 aliphatic heterocycles. The number of nitrogens with two attached hydrogens (primary N) is 1. The van der Waals surface area contributed by atoms with Crippen molar-refractivity contribution in [2.45, 2.75) is 18.3 Å². The van der Waals surface area contributed by atoms with E-state index in [4.69, 9.17) is 5.73 Å². The summed E-state index contributed by atoms with van der Waals surface area (Å²) in [7, 11) is 2.17. The highest BCUT2D eigenvalue weighted by Crippen LogP contribution is 2.37. The molecule has 0 aromatic carbocycles. The van der Waals surface area contributed by atoms with E-state index in [1.807, 2.05) is 12.3 Å². The van der Waals surface area contributed by atoms with Gasteiger partial charge >= 0.3 is 0 Å². The monoisotopic (exact) mass is 244 g/mol. The maximum absolute atomic E-state index is 6.11. The van der Waals surface area contributed by atoms with Gasteiger partial charge < -0.3 is 15.6 Å². The number of rotatable bonds is 2. The molecule has 1 saturated heterocycles. The summed E-state index contributed by atoms with van der Waals surface area (Å²) in [5.41, 5.74) is 9.70. The molecule has 0 amide bonds. The van der Waals surface area contributed by atoms with Crippen LogP contribution in [0, 0.1) is 0 Å². The molecular weight excluding hydrogens is 224 g/mol. The Labute approximate surface area is 107 Å². The largest absolute Gasteiger partial charge is 0.360 e. The van der Waals surface area contributed by atoms with Crippen LogP contribution in [0.25, 0.3) is 11.0 Å². The van der Waals surface area contributed by atoms with Crippen LogP contribution in [-0.4, -0.2) is 41.5 Å². The zero-order valence-electron chi connectivity index (χ0n) is 10.8. The van der Waals surface area contributed by atoms with Crippen LogP contribution < -0.4 is 5.73 Å². The summed E-state index contributed by atoms with van der Waals surface area (Å²) in [6.07, 6.45) is 6.20. The highest BCUT2D eigenvalue weighted by Gasteiger charge is 2.36. The molecule has 0 atom stereocenters. The average molecular weight is 244 g/mol. The highest BCUT2D eigenvalue weighted by atomic mass is 15.1. The van der Waals surface area contributed by atoms with Gasteiger partial charge in [0.2, 0.25) is 0 Å². The lowest BCUT2D eigenvalue weighted by Crippen LogP contribution is -2.45. The van der Waals surface area contributed by atoms with Crippen molar-refractivity contribution in [3.8, 4) is 0 Å². The molecule has 0 unspecified atom stereocenters. The molecular formula is C14H20N4. The van der Waals surface area contributed by atoms with Crippen molar-refractivity contribution in [2.24, 2.45) is 5.73 Å². The van der Waals surface area contributed by atoms with Crippen molar-refractivity contribution in [2.75, 3.05) is 26.7 Å². The molecule has 2 aromatic rings. The third-order valence-electron chi connectivity index (χ3n) is 4.34. The quantitative estimate of drug-likeness (QED) is 0.841. The fourth-order valence-corrected chi connectivity index (χ4v) is 2.99. The first kappa shape index (κ1) is 11.7. The fraction of sp³-hybridized carbons (Fsp3) is 0.500. The van der Waals surface area contributed by atoms with E-state index in [2.05, 4.69) is 34.2 Å². The van der Waals surface area contributed by atoms with E-state index >= 15 is 0 Å². The van der Waals surface area contributed by atoms with E-state index in [9.17, 15) is 0 Å². The van der Waals surface area contributed by atoms with Crippen LogP contribution in [0.5, 0.6) is 0 Å². The smallest absolute Gasteiger partial charge is 0.0916 e. The predicted molar refractivity (Wildman–Crippen MR) is 73.6 cm³/mol. The Hall–Kier alpha value is -1.39. The highest BCUT2D eigenvalue weighted by molar-refractivity contribution is 5.80. The van der Waals surface area contributed by atoms with Crippen molar-refractivity contribution >= 4 is 11.0 Å². The van der Waals surface area contributed by atoms with Crippen LogP contribution in [0.15, 0.2) is 24.5 Å². The van der Waals surface area contributed by atoms with Crippen LogP contribution in [-0.2, 0) is 5.41 Å². The summed E-state index contributed by atoms with van der Waals surface area (Å²) < 4.78 is 0. The number of H-pyrrole nitrogens is 1. The Kier molecular flexibility index (Phi) is 2.84. The van der Waals surface area contributed by atoms with Gasteiger partial charge in [-0.15, -0.1) is 0 Å². The summed E-state index contributed by atoms with van der Waals surface area (Å²) in [6.45, 7) is 2.91. The van der Waals surface area contributed by atoms with Crippen molar-refractivity contribution in [3.05, 3.63) is 30.1 Å². The van der Waals surface area contributed by atoms with E-state index in [1.54, 1.807) is 0 Å². The number of aromatic nitrogens is 2. The first-order valence-electron chi connectivity index (χ1n) is 6.56. The molecule has 1 aliphatic rings. The molecule has 0 radical (unpaired) electrons. The van der Waals surface area contributed by atoms with Crippen LogP contribution >= 0.6 is 0 Å². The fourth-order valence-electron chi connectivity index (χ4n) is 2.99. The molecule has 3 rings (SSSR count). The number of likely N-dealkylation sites (tertiary alicyclic amines) is 1. The summed E-state index contributed by atoms with van der Waals surface area (Å²) in [5.74, 6) is 0. The Morgan fingerprint density at radius 1 is 1.44 bits per heavy atom. The number of pyridine rings is 1. The minimum Gasteiger partial charge on any atom is -0.360 e. The number of piperidine rings is 1. The lowest BCUT2D eigenvalue weighted by Gasteiger charge is -2.39. The second-order valence-corrected chi connectivity index (χ2v) is 5.39. The van der Waals surface area contributed by atoms with Gasteiger partial charge in [-0.05, 0) is 45.1 Å². The van der Waals surface area contributed by atoms with E-state index < -0.39 is 0 Å². The van der Waals surface area contributed by atoms with E-state index in [1.165, 1.54) is 5.56 Å². The molecule has 3 N–H and O–H groups in total. The zero-order chi connectivity index (χ0) is 12.6. The predicted octanol–water partition coefficient (Wildman–Crippen LogP) is 1.48. The van der Waals surface area contributed by atoms with Gasteiger partial charge in [0.25, 0.3) is 0 Å². The summed E-state index contributed by atoms with van der Waals surface area (Å²) in [4.78, 5) is 10.2. The average Bonchev–Trinajstić information content (AvgIpc) is 2.85. The standard InChI is InChI=1S/C14H20N4/c1-18-7-4-14(10-15,5-8-18)11-9-17-12-3-2-6-16-13(11)12/h2-3,6,9,17H,4-5,7-8,10,15H2,1H3. The normalized spacial score (nSPS) is 20.3. The van der Waals surface area contributed by atoms with Gasteiger partial charge in [0.1, 0.15) is 0 Å². The Balaban J connectivity index is 2.06. The Morgan fingerprint density at radius 2 is 2.22 bits per heavy atom. The lowest BCUT2D eigenvalue weighted by atomic mass is 9.73. The third kappa shape index (κ3) is 1.72. The van der Waals surface area contributed by atoms with Gasteiger partial charge in [-0.3, -0.25) is 4.98 Å². The zero-order valence-corrected chi connectivity index (χ0v) is 10.8. The molecule has 0 bridgehead atoms. The Bertz CT molecular complexity index is 537. The molecule has 0 spiro atoms. The number of nitrogens with zero attached hydrogens (tertiary/aromatic N) is 2. The second-order valence-electron chi connectivity index (χ2n) is 5.39. The van der Waals surface area contributed by atoms with Crippen LogP contribution in [0.2, 0.25) is 0 Å². The van der Waals surface area contributed by atoms with Gasteiger partial charge in [-0.25, -0.2) is 0 Å². The topological polar surface area (TPSA) is 57.9 Å². The second kappa shape index (κ2) is 4.37. The molecule has 2 aromatic heterocycles. The van der Waals surface area contributed by atoms with Gasteiger partial charge in [-0.1, -0.05) is 0 Å². The summed E-state index contributed by atoms with van der Waals surface area (Å²) in [6, 6.07) is 4.04. The van der Waals surface area contributed by atoms with Gasteiger partial charge in [0.05, 0.1) is 11.0 Å². The SMILES string of the molecule is CN1CCC(CN)(c2c[nH]c3cccnc23)CC1. The molecule has 4 heteroatoms. The van der Waals surface area contributed by atoms with Crippen molar-refractivity contribution < 1.29 is 0 Å². The maximum atomic E-state index is 6.11. The molecule has 96 valence electrons. The van der Waals surface area contributed by atoms with Gasteiger partial charge in [-0.2, -0.15) is 0 Å². The minimum atomic E-state index is 0.0963. The third-order valence-corrected chi connectivity index (χ3v) is 4.34. The maximum Gasteiger partial charge on any atom is 0.0916 e.